The van der Waals surface area contributed by atoms with Crippen molar-refractivity contribution in [3.63, 3.8) is 0 Å². The Morgan fingerprint density at radius 2 is 1.62 bits per heavy atom. The summed E-state index contributed by atoms with van der Waals surface area (Å²) < 4.78 is 0. The van der Waals surface area contributed by atoms with Crippen LogP contribution in [-0.2, 0) is 11.3 Å². The van der Waals surface area contributed by atoms with E-state index in [-0.39, 0.29) is 29.8 Å². The van der Waals surface area contributed by atoms with Gasteiger partial charge in [0.1, 0.15) is 6.04 Å². The van der Waals surface area contributed by atoms with E-state index in [1.54, 1.807) is 48.5 Å². The summed E-state index contributed by atoms with van der Waals surface area (Å²) >= 11 is 0. The molecule has 0 aromatic heterocycles. The number of carboxylic acids is 1. The zero-order valence-electron chi connectivity index (χ0n) is 16.2. The Morgan fingerprint density at radius 3 is 2.17 bits per heavy atom. The zero-order valence-corrected chi connectivity index (χ0v) is 16.2. The molecule has 150 valence electrons. The summed E-state index contributed by atoms with van der Waals surface area (Å²) in [5.74, 6) is -2.24. The first-order valence-electron chi connectivity index (χ1n) is 9.35. The number of nitrogens with one attached hydrogen (secondary N) is 1. The molecule has 1 atom stereocenters. The minimum absolute atomic E-state index is 0.0296. The van der Waals surface area contributed by atoms with Gasteiger partial charge in [0.15, 0.2) is 0 Å². The molecule has 1 aliphatic heterocycles. The van der Waals surface area contributed by atoms with Crippen LogP contribution in [0.1, 0.15) is 56.9 Å². The van der Waals surface area contributed by atoms with Gasteiger partial charge in [0.05, 0.1) is 17.7 Å². The van der Waals surface area contributed by atoms with E-state index in [2.05, 4.69) is 5.32 Å². The normalized spacial score (nSPS) is 14.1. The molecule has 2 aromatic carbocycles. The number of hydrogen-bond donors (Lipinski definition) is 2. The average molecular weight is 394 g/mol. The highest BCUT2D eigenvalue weighted by Gasteiger charge is 2.35. The SMILES string of the molecule is CC(C)C[C@H](NC(=O)c1cccc(CN2C(=O)c3ccccc3C2=O)c1)C(=O)O. The van der Waals surface area contributed by atoms with E-state index in [1.807, 2.05) is 13.8 Å². The first-order valence-corrected chi connectivity index (χ1v) is 9.35. The van der Waals surface area contributed by atoms with Crippen molar-refractivity contribution in [3.8, 4) is 0 Å². The van der Waals surface area contributed by atoms with Gasteiger partial charge in [-0.3, -0.25) is 19.3 Å². The number of aliphatic carboxylic acids is 1. The third-order valence-electron chi connectivity index (χ3n) is 4.72. The number of benzene rings is 2. The van der Waals surface area contributed by atoms with Crippen LogP contribution < -0.4 is 5.32 Å². The number of carboxylic acid groups (broad SMARTS) is 1. The molecule has 7 nitrogen and oxygen atoms in total. The molecule has 0 fully saturated rings. The average Bonchev–Trinajstić information content (AvgIpc) is 2.92. The quantitative estimate of drug-likeness (QED) is 0.703. The van der Waals surface area contributed by atoms with Gasteiger partial charge < -0.3 is 10.4 Å². The summed E-state index contributed by atoms with van der Waals surface area (Å²) in [4.78, 5) is 50.1. The minimum atomic E-state index is -1.09. The van der Waals surface area contributed by atoms with Crippen molar-refractivity contribution < 1.29 is 24.3 Å². The van der Waals surface area contributed by atoms with Gasteiger partial charge in [-0.05, 0) is 42.2 Å². The Labute approximate surface area is 168 Å². The van der Waals surface area contributed by atoms with Crippen molar-refractivity contribution >= 4 is 23.7 Å². The van der Waals surface area contributed by atoms with E-state index < -0.39 is 17.9 Å². The van der Waals surface area contributed by atoms with Crippen LogP contribution in [0.4, 0.5) is 0 Å². The number of carbonyl (C=O) groups is 4. The molecule has 3 rings (SSSR count). The smallest absolute Gasteiger partial charge is 0.326 e. The monoisotopic (exact) mass is 394 g/mol. The fourth-order valence-electron chi connectivity index (χ4n) is 3.31. The molecule has 29 heavy (non-hydrogen) atoms. The fraction of sp³-hybridized carbons (Fsp3) is 0.273. The fourth-order valence-corrected chi connectivity index (χ4v) is 3.31. The first-order chi connectivity index (χ1) is 13.8. The molecule has 0 radical (unpaired) electrons. The van der Waals surface area contributed by atoms with Crippen molar-refractivity contribution in [3.05, 3.63) is 70.8 Å². The van der Waals surface area contributed by atoms with Crippen LogP contribution in [0.5, 0.6) is 0 Å². The third-order valence-corrected chi connectivity index (χ3v) is 4.72. The second kappa shape index (κ2) is 8.26. The van der Waals surface area contributed by atoms with Crippen molar-refractivity contribution in [2.75, 3.05) is 0 Å². The van der Waals surface area contributed by atoms with Crippen molar-refractivity contribution in [1.82, 2.24) is 10.2 Å². The number of amides is 3. The molecule has 0 spiro atoms. The van der Waals surface area contributed by atoms with Crippen LogP contribution in [0, 0.1) is 5.92 Å². The van der Waals surface area contributed by atoms with Crippen LogP contribution in [0.15, 0.2) is 48.5 Å². The topological polar surface area (TPSA) is 104 Å². The molecule has 1 aliphatic rings. The molecule has 7 heteroatoms. The zero-order chi connectivity index (χ0) is 21.1. The van der Waals surface area contributed by atoms with Gasteiger partial charge in [-0.25, -0.2) is 4.79 Å². The summed E-state index contributed by atoms with van der Waals surface area (Å²) in [5.41, 5.74) is 1.60. The Balaban J connectivity index is 1.75. The van der Waals surface area contributed by atoms with Gasteiger partial charge in [-0.15, -0.1) is 0 Å². The van der Waals surface area contributed by atoms with Crippen molar-refractivity contribution in [2.24, 2.45) is 5.92 Å². The van der Waals surface area contributed by atoms with E-state index in [4.69, 9.17) is 0 Å². The number of carbonyl (C=O) groups excluding carboxylic acids is 3. The summed E-state index contributed by atoms with van der Waals surface area (Å²) in [6.07, 6.45) is 0.315. The number of fused-ring (bicyclic) bond motifs is 1. The van der Waals surface area contributed by atoms with Gasteiger partial charge in [-0.1, -0.05) is 38.1 Å². The molecule has 0 saturated heterocycles. The highest BCUT2D eigenvalue weighted by molar-refractivity contribution is 6.21. The number of imide groups is 1. The van der Waals surface area contributed by atoms with E-state index in [9.17, 15) is 24.3 Å². The van der Waals surface area contributed by atoms with Gasteiger partial charge in [0.2, 0.25) is 0 Å². The molecule has 0 aliphatic carbocycles. The Kier molecular flexibility index (Phi) is 5.77. The molecule has 0 saturated carbocycles. The Morgan fingerprint density at radius 1 is 1.00 bits per heavy atom. The molecular weight excluding hydrogens is 372 g/mol. The number of rotatable bonds is 7. The van der Waals surface area contributed by atoms with E-state index in [0.717, 1.165) is 4.90 Å². The van der Waals surface area contributed by atoms with Crippen LogP contribution >= 0.6 is 0 Å². The van der Waals surface area contributed by atoms with Crippen LogP contribution in [-0.4, -0.2) is 39.7 Å². The predicted molar refractivity (Wildman–Crippen MR) is 105 cm³/mol. The molecule has 2 aromatic rings. The van der Waals surface area contributed by atoms with Gasteiger partial charge in [-0.2, -0.15) is 0 Å². The van der Waals surface area contributed by atoms with Crippen LogP contribution in [0.2, 0.25) is 0 Å². The summed E-state index contributed by atoms with van der Waals surface area (Å²) in [5, 5.41) is 11.8. The van der Waals surface area contributed by atoms with Crippen LogP contribution in [0.25, 0.3) is 0 Å². The second-order valence-electron chi connectivity index (χ2n) is 7.44. The predicted octanol–water partition coefficient (Wildman–Crippen LogP) is 2.71. The van der Waals surface area contributed by atoms with Crippen molar-refractivity contribution in [2.45, 2.75) is 32.9 Å². The molecule has 0 bridgehead atoms. The van der Waals surface area contributed by atoms with E-state index >= 15 is 0 Å². The van der Waals surface area contributed by atoms with Gasteiger partial charge in [0, 0.05) is 5.56 Å². The lowest BCUT2D eigenvalue weighted by molar-refractivity contribution is -0.139. The van der Waals surface area contributed by atoms with E-state index in [0.29, 0.717) is 23.1 Å². The highest BCUT2D eigenvalue weighted by Crippen LogP contribution is 2.24. The van der Waals surface area contributed by atoms with Crippen molar-refractivity contribution in [1.29, 1.82) is 0 Å². The molecular formula is C22H22N2O5. The largest absolute Gasteiger partial charge is 0.480 e. The second-order valence-corrected chi connectivity index (χ2v) is 7.44. The lowest BCUT2D eigenvalue weighted by atomic mass is 10.0. The molecule has 2 N–H and O–H groups in total. The van der Waals surface area contributed by atoms with E-state index in [1.165, 1.54) is 0 Å². The standard InChI is InChI=1S/C22H22N2O5/c1-13(2)10-18(22(28)29)23-19(25)15-7-5-6-14(11-15)12-24-20(26)16-8-3-4-9-17(16)21(24)27/h3-9,11,13,18H,10,12H2,1-2H3,(H,23,25)(H,28,29)/t18-/m0/s1. The van der Waals surface area contributed by atoms with Gasteiger partial charge in [0.25, 0.3) is 17.7 Å². The lowest BCUT2D eigenvalue weighted by Gasteiger charge is -2.17. The maximum atomic E-state index is 12.5. The summed E-state index contributed by atoms with van der Waals surface area (Å²) in [6.45, 7) is 3.79. The van der Waals surface area contributed by atoms with Gasteiger partial charge >= 0.3 is 5.97 Å². The first kappa shape index (κ1) is 20.3. The highest BCUT2D eigenvalue weighted by atomic mass is 16.4. The maximum absolute atomic E-state index is 12.5. The van der Waals surface area contributed by atoms with Crippen LogP contribution in [0.3, 0.4) is 0 Å². The number of nitrogens with zero attached hydrogens (tertiary/aromatic N) is 1. The Hall–Kier alpha value is -3.48. The molecule has 3 amide bonds. The minimum Gasteiger partial charge on any atom is -0.480 e. The third kappa shape index (κ3) is 4.34. The molecule has 1 heterocycles. The summed E-state index contributed by atoms with van der Waals surface area (Å²) in [7, 11) is 0. The lowest BCUT2D eigenvalue weighted by Crippen LogP contribution is -2.41. The maximum Gasteiger partial charge on any atom is 0.326 e. The number of hydrogen-bond acceptors (Lipinski definition) is 4. The summed E-state index contributed by atoms with van der Waals surface area (Å²) in [6, 6.07) is 12.1. The molecule has 0 unspecified atom stereocenters. The Bertz CT molecular complexity index is 948.